The summed E-state index contributed by atoms with van der Waals surface area (Å²) in [5.74, 6) is 0. The van der Waals surface area contributed by atoms with Gasteiger partial charge in [0.1, 0.15) is 0 Å². The van der Waals surface area contributed by atoms with Gasteiger partial charge in [-0.2, -0.15) is 0 Å². The maximum atomic E-state index is 2.50. The van der Waals surface area contributed by atoms with Crippen LogP contribution < -0.4 is 0 Å². The van der Waals surface area contributed by atoms with Crippen LogP contribution in [-0.2, 0) is 19.3 Å². The highest BCUT2D eigenvalue weighted by Crippen LogP contribution is 2.35. The molecule has 0 nitrogen and oxygen atoms in total. The molecule has 0 aliphatic heterocycles. The maximum Gasteiger partial charge on any atom is -0.00853 e. The lowest BCUT2D eigenvalue weighted by molar-refractivity contribution is 0.735. The molecule has 3 rings (SSSR count). The first kappa shape index (κ1) is 11.1. The summed E-state index contributed by atoms with van der Waals surface area (Å²) in [5, 5.41) is 0. The molecule has 0 saturated heterocycles. The minimum Gasteiger partial charge on any atom is -0.0763 e. The average Bonchev–Trinajstić information content (AvgIpc) is 2.93. The summed E-state index contributed by atoms with van der Waals surface area (Å²) >= 11 is 0. The molecule has 0 radical (unpaired) electrons. The van der Waals surface area contributed by atoms with Gasteiger partial charge in [0.15, 0.2) is 0 Å². The molecule has 1 aromatic carbocycles. The fourth-order valence-corrected chi connectivity index (χ4v) is 3.29. The number of benzene rings is 1. The van der Waals surface area contributed by atoms with Crippen molar-refractivity contribution in [1.29, 1.82) is 0 Å². The van der Waals surface area contributed by atoms with E-state index in [0.717, 1.165) is 0 Å². The largest absolute Gasteiger partial charge is 0.0763 e. The molecule has 0 fully saturated rings. The number of fused-ring (bicyclic) bond motifs is 2. The monoisotopic (exact) mass is 226 g/mol. The highest BCUT2D eigenvalue weighted by atomic mass is 14.2. The zero-order valence-corrected chi connectivity index (χ0v) is 10.9. The van der Waals surface area contributed by atoms with Gasteiger partial charge in [-0.25, -0.2) is 0 Å². The molecule has 2 aliphatic rings. The Kier molecular flexibility index (Phi) is 3.05. The predicted octanol–water partition coefficient (Wildman–Crippen LogP) is 4.70. The lowest BCUT2D eigenvalue weighted by Gasteiger charge is -2.09. The fraction of sp³-hybridized carbons (Fsp3) is 0.529. The summed E-state index contributed by atoms with van der Waals surface area (Å²) in [6.45, 7) is 2.28. The molecule has 0 aromatic heterocycles. The van der Waals surface area contributed by atoms with Gasteiger partial charge in [0.25, 0.3) is 0 Å². The maximum absolute atomic E-state index is 2.50. The summed E-state index contributed by atoms with van der Waals surface area (Å²) in [6, 6.07) is 4.99. The Morgan fingerprint density at radius 2 is 1.82 bits per heavy atom. The van der Waals surface area contributed by atoms with Crippen LogP contribution in [-0.4, -0.2) is 0 Å². The number of rotatable bonds is 4. The van der Waals surface area contributed by atoms with Gasteiger partial charge < -0.3 is 0 Å². The molecule has 0 heterocycles. The van der Waals surface area contributed by atoms with Crippen LogP contribution in [0.4, 0.5) is 0 Å². The fourth-order valence-electron chi connectivity index (χ4n) is 3.29. The minimum absolute atomic E-state index is 1.18. The molecule has 0 N–H and O–H groups in total. The quantitative estimate of drug-likeness (QED) is 0.653. The normalized spacial score (nSPS) is 16.9. The third kappa shape index (κ3) is 2.06. The van der Waals surface area contributed by atoms with Crippen LogP contribution in [0.1, 0.15) is 61.3 Å². The third-order valence-electron chi connectivity index (χ3n) is 4.28. The van der Waals surface area contributed by atoms with Crippen molar-refractivity contribution in [2.45, 2.75) is 58.3 Å². The van der Waals surface area contributed by atoms with E-state index in [4.69, 9.17) is 0 Å². The summed E-state index contributed by atoms with van der Waals surface area (Å²) < 4.78 is 0. The van der Waals surface area contributed by atoms with Crippen molar-refractivity contribution in [3.8, 4) is 0 Å². The Labute approximate surface area is 105 Å². The van der Waals surface area contributed by atoms with E-state index in [1.54, 1.807) is 27.8 Å². The second kappa shape index (κ2) is 4.68. The molecule has 17 heavy (non-hydrogen) atoms. The second-order valence-corrected chi connectivity index (χ2v) is 5.52. The van der Waals surface area contributed by atoms with Crippen LogP contribution in [0.25, 0.3) is 5.57 Å². The predicted molar refractivity (Wildman–Crippen MR) is 74.3 cm³/mol. The van der Waals surface area contributed by atoms with Crippen LogP contribution in [0.2, 0.25) is 0 Å². The summed E-state index contributed by atoms with van der Waals surface area (Å²) in [6.07, 6.45) is 13.0. The Hall–Kier alpha value is -1.04. The van der Waals surface area contributed by atoms with Gasteiger partial charge in [-0.05, 0) is 66.4 Å². The zero-order chi connectivity index (χ0) is 11.7. The molecule has 90 valence electrons. The Morgan fingerprint density at radius 1 is 1.00 bits per heavy atom. The van der Waals surface area contributed by atoms with Gasteiger partial charge in [0, 0.05) is 0 Å². The number of hydrogen-bond acceptors (Lipinski definition) is 0. The van der Waals surface area contributed by atoms with Gasteiger partial charge in [0.2, 0.25) is 0 Å². The lowest BCUT2D eigenvalue weighted by Crippen LogP contribution is -1.91. The van der Waals surface area contributed by atoms with Crippen molar-refractivity contribution in [1.82, 2.24) is 0 Å². The molecule has 0 amide bonds. The van der Waals surface area contributed by atoms with Crippen LogP contribution in [0.5, 0.6) is 0 Å². The Balaban J connectivity index is 1.80. The average molecular weight is 226 g/mol. The zero-order valence-electron chi connectivity index (χ0n) is 10.9. The molecular formula is C17H22. The van der Waals surface area contributed by atoms with Crippen molar-refractivity contribution < 1.29 is 0 Å². The lowest BCUT2D eigenvalue weighted by atomic mass is 9.96. The van der Waals surface area contributed by atoms with Gasteiger partial charge in [-0.3, -0.25) is 0 Å². The van der Waals surface area contributed by atoms with Crippen molar-refractivity contribution in [3.63, 3.8) is 0 Å². The molecule has 0 unspecified atom stereocenters. The smallest absolute Gasteiger partial charge is 0.00853 e. The molecule has 0 heteroatoms. The first-order chi connectivity index (χ1) is 8.38. The van der Waals surface area contributed by atoms with E-state index in [0.29, 0.717) is 0 Å². The van der Waals surface area contributed by atoms with Crippen LogP contribution in [0.3, 0.4) is 0 Å². The first-order valence-electron chi connectivity index (χ1n) is 7.22. The third-order valence-corrected chi connectivity index (χ3v) is 4.28. The van der Waals surface area contributed by atoms with Crippen LogP contribution in [0, 0.1) is 0 Å². The summed E-state index contributed by atoms with van der Waals surface area (Å²) in [7, 11) is 0. The highest BCUT2D eigenvalue weighted by Gasteiger charge is 2.19. The van der Waals surface area contributed by atoms with Crippen molar-refractivity contribution >= 4 is 5.57 Å². The summed E-state index contributed by atoms with van der Waals surface area (Å²) in [4.78, 5) is 0. The van der Waals surface area contributed by atoms with Crippen LogP contribution in [0.15, 0.2) is 18.2 Å². The van der Waals surface area contributed by atoms with E-state index >= 15 is 0 Å². The van der Waals surface area contributed by atoms with E-state index in [9.17, 15) is 0 Å². The number of hydrogen-bond donors (Lipinski definition) is 0. The molecule has 0 bridgehead atoms. The van der Waals surface area contributed by atoms with E-state index in [-0.39, 0.29) is 0 Å². The van der Waals surface area contributed by atoms with Gasteiger partial charge >= 0.3 is 0 Å². The Morgan fingerprint density at radius 3 is 2.65 bits per heavy atom. The standard InChI is InChI=1S/C17H22/c1-2-3-4-6-13-9-10-16-11-14-7-5-8-15(14)12-17(13)16/h9,11-12H,2-8,10H2,1H3. The highest BCUT2D eigenvalue weighted by molar-refractivity contribution is 5.74. The topological polar surface area (TPSA) is 0 Å². The van der Waals surface area contributed by atoms with Gasteiger partial charge in [-0.1, -0.05) is 38.0 Å². The van der Waals surface area contributed by atoms with E-state index in [2.05, 4.69) is 25.1 Å². The summed E-state index contributed by atoms with van der Waals surface area (Å²) in [5.41, 5.74) is 8.07. The number of aryl methyl sites for hydroxylation is 2. The number of unbranched alkanes of at least 4 members (excludes halogenated alkanes) is 2. The van der Waals surface area contributed by atoms with E-state index in [1.165, 1.54) is 51.4 Å². The molecule has 0 atom stereocenters. The molecule has 1 aromatic rings. The first-order valence-corrected chi connectivity index (χ1v) is 7.22. The molecule has 0 saturated carbocycles. The van der Waals surface area contributed by atoms with E-state index in [1.807, 2.05) is 0 Å². The minimum atomic E-state index is 1.18. The van der Waals surface area contributed by atoms with Crippen molar-refractivity contribution in [2.75, 3.05) is 0 Å². The Bertz CT molecular complexity index is 451. The van der Waals surface area contributed by atoms with Gasteiger partial charge in [-0.15, -0.1) is 0 Å². The van der Waals surface area contributed by atoms with Gasteiger partial charge in [0.05, 0.1) is 0 Å². The molecule has 2 aliphatic carbocycles. The van der Waals surface area contributed by atoms with Crippen LogP contribution >= 0.6 is 0 Å². The van der Waals surface area contributed by atoms with E-state index < -0.39 is 0 Å². The van der Waals surface area contributed by atoms with Crippen molar-refractivity contribution in [3.05, 3.63) is 40.5 Å². The number of allylic oxidation sites excluding steroid dienone is 2. The van der Waals surface area contributed by atoms with Crippen molar-refractivity contribution in [2.24, 2.45) is 0 Å². The SMILES string of the molecule is CCCCCC1=CCc2cc3c(cc21)CCC3. The molecular weight excluding hydrogens is 204 g/mol. The second-order valence-electron chi connectivity index (χ2n) is 5.52. The molecule has 0 spiro atoms.